The molecular weight excluding hydrogens is 468 g/mol. The third kappa shape index (κ3) is 4.08. The Hall–Kier alpha value is -3.56. The van der Waals surface area contributed by atoms with Gasteiger partial charge in [0, 0.05) is 46.3 Å². The number of fused-ring (bicyclic) bond motifs is 2. The van der Waals surface area contributed by atoms with Gasteiger partial charge in [-0.25, -0.2) is 0 Å². The Labute approximate surface area is 204 Å². The molecule has 1 aliphatic carbocycles. The standard InChI is InChI=1S/C25H20N4O3S2/c1-14(34-25-28-27-21(29(25)2)13-16-6-5-11-33-16)24(32)26-15-9-10-19-20(12-15)23(31)18-8-4-3-7-17(18)22(19)30/h3-12,14H,13H2,1-2H3,(H,26,32). The molecule has 4 aromatic rings. The quantitative estimate of drug-likeness (QED) is 0.357. The first-order chi connectivity index (χ1) is 16.4. The van der Waals surface area contributed by atoms with Crippen molar-refractivity contribution in [2.75, 3.05) is 5.32 Å². The summed E-state index contributed by atoms with van der Waals surface area (Å²) >= 11 is 2.98. The van der Waals surface area contributed by atoms with E-state index in [1.807, 2.05) is 23.1 Å². The number of nitrogens with one attached hydrogen (secondary N) is 1. The molecule has 2 aromatic carbocycles. The first-order valence-electron chi connectivity index (χ1n) is 10.6. The van der Waals surface area contributed by atoms with Crippen LogP contribution in [0.2, 0.25) is 0 Å². The number of amides is 1. The topological polar surface area (TPSA) is 93.9 Å². The molecule has 9 heteroatoms. The molecule has 1 aliphatic rings. The number of thiophene rings is 1. The Morgan fingerprint density at radius 1 is 1.00 bits per heavy atom. The number of rotatable bonds is 6. The number of carbonyl (C=O) groups is 3. The van der Waals surface area contributed by atoms with Crippen LogP contribution in [0.4, 0.5) is 5.69 Å². The zero-order chi connectivity index (χ0) is 23.8. The number of benzene rings is 2. The number of nitrogens with zero attached hydrogens (tertiary/aromatic N) is 3. The summed E-state index contributed by atoms with van der Waals surface area (Å²) in [6, 6.07) is 15.7. The predicted octanol–water partition coefficient (Wildman–Crippen LogP) is 4.36. The fraction of sp³-hybridized carbons (Fsp3) is 0.160. The van der Waals surface area contributed by atoms with Gasteiger partial charge in [-0.15, -0.1) is 21.5 Å². The molecule has 0 fully saturated rings. The minimum atomic E-state index is -0.452. The summed E-state index contributed by atoms with van der Waals surface area (Å²) in [6.45, 7) is 1.79. The van der Waals surface area contributed by atoms with Gasteiger partial charge >= 0.3 is 0 Å². The van der Waals surface area contributed by atoms with Crippen LogP contribution in [0, 0.1) is 0 Å². The molecule has 5 rings (SSSR count). The molecule has 0 spiro atoms. The monoisotopic (exact) mass is 488 g/mol. The first kappa shape index (κ1) is 22.2. The lowest BCUT2D eigenvalue weighted by Gasteiger charge is -2.18. The van der Waals surface area contributed by atoms with Crippen LogP contribution in [-0.4, -0.2) is 37.5 Å². The predicted molar refractivity (Wildman–Crippen MR) is 132 cm³/mol. The maximum absolute atomic E-state index is 12.9. The summed E-state index contributed by atoms with van der Waals surface area (Å²) in [5.74, 6) is 0.187. The summed E-state index contributed by atoms with van der Waals surface area (Å²) in [5.41, 5.74) is 1.90. The fourth-order valence-corrected chi connectivity index (χ4v) is 5.34. The summed E-state index contributed by atoms with van der Waals surface area (Å²) < 4.78 is 1.90. The molecule has 0 bridgehead atoms. The number of hydrogen-bond acceptors (Lipinski definition) is 7. The number of ketones is 2. The minimum Gasteiger partial charge on any atom is -0.325 e. The lowest BCUT2D eigenvalue weighted by molar-refractivity contribution is -0.115. The number of aromatic nitrogens is 3. The SMILES string of the molecule is CC(Sc1nnc(Cc2cccs2)n1C)C(=O)Nc1ccc2c(c1)C(=O)c1ccccc1C2=O. The van der Waals surface area contributed by atoms with Crippen molar-refractivity contribution in [3.05, 3.63) is 92.9 Å². The van der Waals surface area contributed by atoms with Crippen molar-refractivity contribution in [2.24, 2.45) is 7.05 Å². The zero-order valence-electron chi connectivity index (χ0n) is 18.4. The van der Waals surface area contributed by atoms with Crippen LogP contribution in [0.1, 0.15) is 49.5 Å². The Balaban J connectivity index is 1.29. The van der Waals surface area contributed by atoms with Gasteiger partial charge in [-0.3, -0.25) is 14.4 Å². The van der Waals surface area contributed by atoms with Crippen LogP contribution in [0.5, 0.6) is 0 Å². The van der Waals surface area contributed by atoms with Crippen molar-refractivity contribution in [2.45, 2.75) is 23.8 Å². The molecule has 1 atom stereocenters. The van der Waals surface area contributed by atoms with E-state index < -0.39 is 5.25 Å². The van der Waals surface area contributed by atoms with Crippen molar-refractivity contribution >= 4 is 46.3 Å². The van der Waals surface area contributed by atoms with Gasteiger partial charge in [-0.05, 0) is 36.6 Å². The maximum Gasteiger partial charge on any atom is 0.237 e. The van der Waals surface area contributed by atoms with Gasteiger partial charge in [-0.1, -0.05) is 42.1 Å². The molecule has 2 heterocycles. The van der Waals surface area contributed by atoms with Crippen molar-refractivity contribution in [3.8, 4) is 0 Å². The van der Waals surface area contributed by atoms with E-state index in [-0.39, 0.29) is 17.5 Å². The van der Waals surface area contributed by atoms with E-state index in [2.05, 4.69) is 21.6 Å². The lowest BCUT2D eigenvalue weighted by atomic mass is 9.84. The molecule has 2 aromatic heterocycles. The van der Waals surface area contributed by atoms with Gasteiger partial charge in [0.25, 0.3) is 0 Å². The van der Waals surface area contributed by atoms with E-state index in [4.69, 9.17) is 0 Å². The second-order valence-corrected chi connectivity index (χ2v) is 10.3. The van der Waals surface area contributed by atoms with Gasteiger partial charge in [-0.2, -0.15) is 0 Å². The van der Waals surface area contributed by atoms with E-state index in [1.54, 1.807) is 60.7 Å². The van der Waals surface area contributed by atoms with E-state index in [1.165, 1.54) is 16.6 Å². The third-order valence-electron chi connectivity index (χ3n) is 5.68. The normalized spacial score (nSPS) is 13.4. The molecule has 1 N–H and O–H groups in total. The highest BCUT2D eigenvalue weighted by molar-refractivity contribution is 8.00. The van der Waals surface area contributed by atoms with Crippen molar-refractivity contribution in [1.82, 2.24) is 14.8 Å². The number of anilines is 1. The summed E-state index contributed by atoms with van der Waals surface area (Å²) in [7, 11) is 1.89. The van der Waals surface area contributed by atoms with E-state index in [0.717, 1.165) is 5.82 Å². The Kier molecular flexibility index (Phi) is 5.89. The number of carbonyl (C=O) groups excluding carboxylic acids is 3. The van der Waals surface area contributed by atoms with Gasteiger partial charge in [0.05, 0.1) is 5.25 Å². The molecule has 34 heavy (non-hydrogen) atoms. The van der Waals surface area contributed by atoms with Crippen LogP contribution >= 0.6 is 23.1 Å². The van der Waals surface area contributed by atoms with Gasteiger partial charge in [0.1, 0.15) is 5.82 Å². The second-order valence-electron chi connectivity index (χ2n) is 7.93. The average molecular weight is 489 g/mol. The molecule has 1 amide bonds. The third-order valence-corrected chi connectivity index (χ3v) is 7.69. The molecule has 1 unspecified atom stereocenters. The summed E-state index contributed by atoms with van der Waals surface area (Å²) in [6.07, 6.45) is 0.688. The number of hydrogen-bond donors (Lipinski definition) is 1. The van der Waals surface area contributed by atoms with Crippen LogP contribution < -0.4 is 5.32 Å². The Bertz CT molecular complexity index is 1430. The Morgan fingerprint density at radius 2 is 1.71 bits per heavy atom. The van der Waals surface area contributed by atoms with Crippen LogP contribution in [0.25, 0.3) is 0 Å². The van der Waals surface area contributed by atoms with E-state index in [9.17, 15) is 14.4 Å². The van der Waals surface area contributed by atoms with Gasteiger partial charge in [0.2, 0.25) is 5.91 Å². The molecule has 7 nitrogen and oxygen atoms in total. The van der Waals surface area contributed by atoms with Crippen molar-refractivity contribution in [1.29, 1.82) is 0 Å². The molecule has 0 aliphatic heterocycles. The molecule has 0 radical (unpaired) electrons. The Morgan fingerprint density at radius 3 is 2.41 bits per heavy atom. The highest BCUT2D eigenvalue weighted by atomic mass is 32.2. The van der Waals surface area contributed by atoms with Crippen LogP contribution in [0.3, 0.4) is 0 Å². The van der Waals surface area contributed by atoms with E-state index >= 15 is 0 Å². The lowest BCUT2D eigenvalue weighted by Crippen LogP contribution is -2.24. The van der Waals surface area contributed by atoms with Gasteiger partial charge in [0.15, 0.2) is 16.7 Å². The van der Waals surface area contributed by atoms with E-state index in [0.29, 0.717) is 39.5 Å². The minimum absolute atomic E-state index is 0.187. The first-order valence-corrected chi connectivity index (χ1v) is 12.4. The molecule has 0 saturated carbocycles. The molecular formula is C25H20N4O3S2. The van der Waals surface area contributed by atoms with Gasteiger partial charge < -0.3 is 9.88 Å². The maximum atomic E-state index is 12.9. The van der Waals surface area contributed by atoms with Crippen molar-refractivity contribution in [3.63, 3.8) is 0 Å². The highest BCUT2D eigenvalue weighted by Crippen LogP contribution is 2.30. The largest absolute Gasteiger partial charge is 0.325 e. The molecule has 170 valence electrons. The summed E-state index contributed by atoms with van der Waals surface area (Å²) in [4.78, 5) is 39.8. The van der Waals surface area contributed by atoms with Crippen LogP contribution in [-0.2, 0) is 18.3 Å². The highest BCUT2D eigenvalue weighted by Gasteiger charge is 2.29. The average Bonchev–Trinajstić information content (AvgIpc) is 3.48. The summed E-state index contributed by atoms with van der Waals surface area (Å²) in [5, 5.41) is 13.6. The van der Waals surface area contributed by atoms with Crippen LogP contribution in [0.15, 0.2) is 65.1 Å². The fourth-order valence-electron chi connectivity index (χ4n) is 3.80. The second kappa shape index (κ2) is 9.00. The smallest absolute Gasteiger partial charge is 0.237 e. The molecule has 0 saturated heterocycles. The number of thioether (sulfide) groups is 1. The zero-order valence-corrected chi connectivity index (χ0v) is 20.1. The van der Waals surface area contributed by atoms with Crippen molar-refractivity contribution < 1.29 is 14.4 Å².